The lowest BCUT2D eigenvalue weighted by Crippen LogP contribution is -2.53. The second kappa shape index (κ2) is 11.1. The number of ether oxygens (including phenoxy) is 1. The third kappa shape index (κ3) is 5.60. The summed E-state index contributed by atoms with van der Waals surface area (Å²) in [6, 6.07) is 5.35. The van der Waals surface area contributed by atoms with E-state index in [1.54, 1.807) is 35.6 Å². The third-order valence-electron chi connectivity index (χ3n) is 6.45. The van der Waals surface area contributed by atoms with Crippen molar-refractivity contribution in [2.45, 2.75) is 25.0 Å². The Bertz CT molecular complexity index is 1280. The summed E-state index contributed by atoms with van der Waals surface area (Å²) in [6.07, 6.45) is 5.84. The van der Waals surface area contributed by atoms with E-state index in [0.717, 1.165) is 29.0 Å². The smallest absolute Gasteiger partial charge is 0.250 e. The van der Waals surface area contributed by atoms with E-state index in [1.165, 1.54) is 12.3 Å². The Kier molecular flexibility index (Phi) is 7.93. The molecular weight excluding hydrogens is 464 g/mol. The Labute approximate surface area is 208 Å². The first-order valence-corrected chi connectivity index (χ1v) is 12.5. The number of nitriles is 1. The molecule has 0 saturated carbocycles. The van der Waals surface area contributed by atoms with Crippen LogP contribution in [-0.2, 0) is 18.2 Å². The lowest BCUT2D eigenvalue weighted by atomic mass is 9.99. The summed E-state index contributed by atoms with van der Waals surface area (Å²) in [6.45, 7) is 6.68. The van der Waals surface area contributed by atoms with Crippen molar-refractivity contribution in [2.24, 2.45) is 12.8 Å². The van der Waals surface area contributed by atoms with Gasteiger partial charge in [0.15, 0.2) is 0 Å². The Balaban J connectivity index is 1.35. The Morgan fingerprint density at radius 2 is 2.34 bits per heavy atom. The van der Waals surface area contributed by atoms with Crippen molar-refractivity contribution in [3.05, 3.63) is 74.9 Å². The van der Waals surface area contributed by atoms with Gasteiger partial charge >= 0.3 is 0 Å². The fourth-order valence-corrected chi connectivity index (χ4v) is 5.35. The summed E-state index contributed by atoms with van der Waals surface area (Å²) in [4.78, 5) is 19.7. The molecule has 2 atom stereocenters. The van der Waals surface area contributed by atoms with Crippen LogP contribution in [0.25, 0.3) is 11.0 Å². The number of nitrogens with zero attached hydrogens (tertiary/aromatic N) is 4. The minimum atomic E-state index is -0.526. The molecule has 0 amide bonds. The quantitative estimate of drug-likeness (QED) is 0.522. The highest BCUT2D eigenvalue weighted by molar-refractivity contribution is 8.03. The molecule has 4 heterocycles. The van der Waals surface area contributed by atoms with Gasteiger partial charge in [-0.1, -0.05) is 18.3 Å². The van der Waals surface area contributed by atoms with E-state index >= 15 is 0 Å². The molecule has 0 unspecified atom stereocenters. The number of nitrogens with one attached hydrogen (secondary N) is 1. The summed E-state index contributed by atoms with van der Waals surface area (Å²) in [5.41, 5.74) is 9.02. The molecule has 2 aliphatic heterocycles. The number of aliphatic hydroxyl groups excluding tert-OH is 1. The number of aryl methyl sites for hydroxylation is 1. The van der Waals surface area contributed by atoms with Gasteiger partial charge in [-0.2, -0.15) is 5.26 Å². The van der Waals surface area contributed by atoms with Gasteiger partial charge in [0.05, 0.1) is 27.6 Å². The van der Waals surface area contributed by atoms with Crippen LogP contribution in [0.2, 0.25) is 0 Å². The van der Waals surface area contributed by atoms with Crippen LogP contribution in [0.5, 0.6) is 0 Å². The molecule has 10 heteroatoms. The molecule has 184 valence electrons. The summed E-state index contributed by atoms with van der Waals surface area (Å²) in [7, 11) is 1.70. The third-order valence-corrected chi connectivity index (χ3v) is 7.32. The summed E-state index contributed by atoms with van der Waals surface area (Å²) >= 11 is 1.58. The molecule has 35 heavy (non-hydrogen) atoms. The van der Waals surface area contributed by atoms with Gasteiger partial charge < -0.3 is 30.4 Å². The van der Waals surface area contributed by atoms with Crippen molar-refractivity contribution in [3.8, 4) is 6.07 Å². The monoisotopic (exact) mass is 494 g/mol. The number of aromatic nitrogens is 2. The fourth-order valence-electron chi connectivity index (χ4n) is 4.52. The minimum absolute atomic E-state index is 0.0318. The van der Waals surface area contributed by atoms with Crippen LogP contribution in [0.15, 0.2) is 58.2 Å². The second-order valence-corrected chi connectivity index (χ2v) is 9.69. The maximum atomic E-state index is 12.2. The summed E-state index contributed by atoms with van der Waals surface area (Å²) in [5, 5.41) is 23.8. The minimum Gasteiger partial charge on any atom is -0.480 e. The van der Waals surface area contributed by atoms with Crippen molar-refractivity contribution in [2.75, 3.05) is 32.1 Å². The van der Waals surface area contributed by atoms with Gasteiger partial charge in [0.1, 0.15) is 17.8 Å². The second-order valence-electron chi connectivity index (χ2n) is 8.72. The molecule has 2 aliphatic rings. The van der Waals surface area contributed by atoms with Crippen molar-refractivity contribution < 1.29 is 9.84 Å². The maximum absolute atomic E-state index is 12.2. The Morgan fingerprint density at radius 3 is 3.09 bits per heavy atom. The molecule has 2 saturated heterocycles. The van der Waals surface area contributed by atoms with E-state index in [0.29, 0.717) is 54.4 Å². The predicted molar refractivity (Wildman–Crippen MR) is 137 cm³/mol. The van der Waals surface area contributed by atoms with Crippen molar-refractivity contribution in [1.82, 2.24) is 19.8 Å². The molecule has 0 bridgehead atoms. The zero-order valence-electron chi connectivity index (χ0n) is 19.7. The normalized spacial score (nSPS) is 23.0. The first-order valence-electron chi connectivity index (χ1n) is 11.5. The molecule has 4 rings (SSSR count). The highest BCUT2D eigenvalue weighted by Gasteiger charge is 2.27. The molecule has 2 aromatic heterocycles. The van der Waals surface area contributed by atoms with Crippen LogP contribution >= 0.6 is 11.8 Å². The first-order chi connectivity index (χ1) is 16.9. The molecule has 0 aliphatic carbocycles. The van der Waals surface area contributed by atoms with E-state index in [4.69, 9.17) is 10.5 Å². The fraction of sp³-hybridized carbons (Fsp3) is 0.400. The number of hydrogen-bond donors (Lipinski definition) is 3. The van der Waals surface area contributed by atoms with E-state index < -0.39 is 6.10 Å². The standard InChI is InChI=1S/C25H30N6O3S/c1-16(9-23-22(11-27)34-15-35-23)12-28-19-6-8-31(14-21(19)32)7-5-18-17(10-26)13-29-20-3-4-24(33)30(2)25(18)20/h3-4,9,11,13,19,21,28,32H,1,5-8,12,14-15,27H2,2H3/b22-11+,23-9+/t19-,21+/m0/s1. The van der Waals surface area contributed by atoms with Crippen molar-refractivity contribution in [1.29, 1.82) is 5.26 Å². The number of fused-ring (bicyclic) bond motifs is 1. The van der Waals surface area contributed by atoms with Gasteiger partial charge in [-0.15, -0.1) is 0 Å². The largest absolute Gasteiger partial charge is 0.480 e. The predicted octanol–water partition coefficient (Wildman–Crippen LogP) is 1.33. The van der Waals surface area contributed by atoms with Crippen LogP contribution in [0.1, 0.15) is 17.5 Å². The zero-order valence-corrected chi connectivity index (χ0v) is 20.6. The summed E-state index contributed by atoms with van der Waals surface area (Å²) < 4.78 is 6.98. The highest BCUT2D eigenvalue weighted by Crippen LogP contribution is 2.33. The maximum Gasteiger partial charge on any atom is 0.250 e. The molecule has 2 aromatic rings. The molecule has 0 aromatic carbocycles. The number of β-amino-alcohol motifs (C(OH)–C–C–N with tert-alkyl or cyclic N) is 1. The first kappa shape index (κ1) is 25.0. The molecule has 0 radical (unpaired) electrons. The van der Waals surface area contributed by atoms with Crippen LogP contribution in [0.3, 0.4) is 0 Å². The highest BCUT2D eigenvalue weighted by atomic mass is 32.2. The lowest BCUT2D eigenvalue weighted by Gasteiger charge is -2.36. The average Bonchev–Trinajstić information content (AvgIpc) is 3.31. The molecule has 2 fully saturated rings. The van der Waals surface area contributed by atoms with Gasteiger partial charge in [-0.25, -0.2) is 0 Å². The van der Waals surface area contributed by atoms with Gasteiger partial charge in [-0.05, 0) is 42.7 Å². The van der Waals surface area contributed by atoms with E-state index in [2.05, 4.69) is 27.8 Å². The van der Waals surface area contributed by atoms with Crippen molar-refractivity contribution >= 4 is 22.8 Å². The summed E-state index contributed by atoms with van der Waals surface area (Å²) in [5.74, 6) is 1.22. The number of likely N-dealkylation sites (tertiary alicyclic amines) is 1. The Morgan fingerprint density at radius 1 is 1.51 bits per heavy atom. The van der Waals surface area contributed by atoms with Crippen molar-refractivity contribution in [3.63, 3.8) is 0 Å². The number of aliphatic hydroxyl groups is 1. The van der Waals surface area contributed by atoms with E-state index in [9.17, 15) is 15.2 Å². The van der Waals surface area contributed by atoms with Crippen LogP contribution in [0, 0.1) is 11.3 Å². The number of rotatable bonds is 7. The molecule has 0 spiro atoms. The molecular formula is C25H30N6O3S. The van der Waals surface area contributed by atoms with E-state index in [1.807, 2.05) is 6.08 Å². The SMILES string of the molecule is C=C(/C=C1/SCO/C1=C/N)CN[C@H]1CCN(CCc2c(C#N)cnc3ccc(=O)n(C)c23)C[C@H]1O. The Hall–Kier alpha value is -3.10. The number of thioether (sulfide) groups is 1. The van der Waals surface area contributed by atoms with Gasteiger partial charge in [0, 0.05) is 51.2 Å². The molecule has 4 N–H and O–H groups in total. The van der Waals surface area contributed by atoms with Crippen LogP contribution < -0.4 is 16.6 Å². The average molecular weight is 495 g/mol. The van der Waals surface area contributed by atoms with Gasteiger partial charge in [0.2, 0.25) is 0 Å². The van der Waals surface area contributed by atoms with Crippen LogP contribution in [0.4, 0.5) is 0 Å². The zero-order chi connectivity index (χ0) is 24.9. The lowest BCUT2D eigenvalue weighted by molar-refractivity contribution is 0.0422. The number of nitrogens with two attached hydrogens (primary N) is 1. The van der Waals surface area contributed by atoms with Gasteiger partial charge in [-0.3, -0.25) is 9.78 Å². The molecule has 9 nitrogen and oxygen atoms in total. The number of piperidine rings is 1. The number of hydrogen-bond acceptors (Lipinski definition) is 9. The van der Waals surface area contributed by atoms with Gasteiger partial charge in [0.25, 0.3) is 5.56 Å². The number of pyridine rings is 2. The van der Waals surface area contributed by atoms with E-state index in [-0.39, 0.29) is 11.6 Å². The topological polar surface area (TPSA) is 129 Å². The van der Waals surface area contributed by atoms with Crippen LogP contribution in [-0.4, -0.2) is 63.8 Å².